The zero-order valence-electron chi connectivity index (χ0n) is 11.6. The number of nitrogens with two attached hydrogens (primary N) is 1. The summed E-state index contributed by atoms with van der Waals surface area (Å²) in [7, 11) is 1.91. The maximum atomic E-state index is 6.09. The molecule has 1 aromatic carbocycles. The molecular weight excluding hydrogens is 238 g/mol. The van der Waals surface area contributed by atoms with Crippen molar-refractivity contribution >= 4 is 17.1 Å². The highest BCUT2D eigenvalue weighted by Gasteiger charge is 2.17. The molecule has 19 heavy (non-hydrogen) atoms. The summed E-state index contributed by atoms with van der Waals surface area (Å²) in [6, 6.07) is 6.30. The minimum Gasteiger partial charge on any atom is -0.369 e. The summed E-state index contributed by atoms with van der Waals surface area (Å²) in [5.74, 6) is 0.498. The van der Waals surface area contributed by atoms with E-state index in [-0.39, 0.29) is 0 Å². The Morgan fingerprint density at radius 3 is 2.58 bits per heavy atom. The lowest BCUT2D eigenvalue weighted by molar-refractivity contribution is 0.762. The number of aryl methyl sites for hydroxylation is 4. The van der Waals surface area contributed by atoms with E-state index in [1.54, 1.807) is 0 Å². The van der Waals surface area contributed by atoms with Gasteiger partial charge in [-0.3, -0.25) is 4.57 Å². The van der Waals surface area contributed by atoms with Crippen LogP contribution in [0.25, 0.3) is 16.9 Å². The molecule has 3 aromatic rings. The standard InChI is InChI=1S/C14H17N5/c1-8-5-6-11(9(2)7-8)19-13-12(16-14(19)15)10(3)17-18(13)4/h5-7H,1-4H3,(H2,15,16). The topological polar surface area (TPSA) is 61.7 Å². The monoisotopic (exact) mass is 255 g/mol. The van der Waals surface area contributed by atoms with Crippen LogP contribution in [0.3, 0.4) is 0 Å². The van der Waals surface area contributed by atoms with Crippen LogP contribution >= 0.6 is 0 Å². The summed E-state index contributed by atoms with van der Waals surface area (Å²) in [5, 5.41) is 4.40. The molecular formula is C14H17N5. The van der Waals surface area contributed by atoms with E-state index < -0.39 is 0 Å². The van der Waals surface area contributed by atoms with Gasteiger partial charge in [-0.15, -0.1) is 0 Å². The molecule has 5 heteroatoms. The van der Waals surface area contributed by atoms with Crippen LogP contribution in [0.15, 0.2) is 18.2 Å². The van der Waals surface area contributed by atoms with E-state index in [0.717, 1.165) is 22.5 Å². The van der Waals surface area contributed by atoms with Crippen molar-refractivity contribution in [2.24, 2.45) is 7.05 Å². The highest BCUT2D eigenvalue weighted by atomic mass is 15.3. The number of nitrogens with zero attached hydrogens (tertiary/aromatic N) is 4. The first-order valence-electron chi connectivity index (χ1n) is 6.24. The Morgan fingerprint density at radius 2 is 1.89 bits per heavy atom. The van der Waals surface area contributed by atoms with Crippen LogP contribution in [0.2, 0.25) is 0 Å². The van der Waals surface area contributed by atoms with Gasteiger partial charge >= 0.3 is 0 Å². The summed E-state index contributed by atoms with van der Waals surface area (Å²) in [6.45, 7) is 6.11. The summed E-state index contributed by atoms with van der Waals surface area (Å²) in [4.78, 5) is 4.43. The first-order chi connectivity index (χ1) is 8.99. The van der Waals surface area contributed by atoms with Gasteiger partial charge in [0, 0.05) is 7.05 Å². The smallest absolute Gasteiger partial charge is 0.207 e. The van der Waals surface area contributed by atoms with E-state index in [0.29, 0.717) is 5.95 Å². The molecule has 0 bridgehead atoms. The molecule has 0 radical (unpaired) electrons. The molecule has 98 valence electrons. The van der Waals surface area contributed by atoms with Crippen molar-refractivity contribution in [3.8, 4) is 5.69 Å². The van der Waals surface area contributed by atoms with Crippen molar-refractivity contribution in [2.75, 3.05) is 5.73 Å². The van der Waals surface area contributed by atoms with Crippen molar-refractivity contribution in [3.05, 3.63) is 35.0 Å². The Balaban J connectivity index is 2.38. The number of fused-ring (bicyclic) bond motifs is 1. The lowest BCUT2D eigenvalue weighted by Crippen LogP contribution is -2.06. The fraction of sp³-hybridized carbons (Fsp3) is 0.286. The highest BCUT2D eigenvalue weighted by Crippen LogP contribution is 2.26. The maximum absolute atomic E-state index is 6.09. The van der Waals surface area contributed by atoms with E-state index in [1.807, 2.05) is 23.2 Å². The second-order valence-electron chi connectivity index (χ2n) is 4.98. The van der Waals surface area contributed by atoms with Crippen LogP contribution < -0.4 is 5.73 Å². The number of imidazole rings is 1. The van der Waals surface area contributed by atoms with Gasteiger partial charge in [0.1, 0.15) is 5.52 Å². The summed E-state index contributed by atoms with van der Waals surface area (Å²) < 4.78 is 3.79. The molecule has 2 N–H and O–H groups in total. The quantitative estimate of drug-likeness (QED) is 0.725. The number of benzene rings is 1. The Hall–Kier alpha value is -2.30. The minimum absolute atomic E-state index is 0.498. The number of anilines is 1. The van der Waals surface area contributed by atoms with Crippen LogP contribution in [0.1, 0.15) is 16.8 Å². The molecule has 3 rings (SSSR count). The molecule has 0 aliphatic rings. The van der Waals surface area contributed by atoms with Crippen molar-refractivity contribution in [1.29, 1.82) is 0 Å². The number of rotatable bonds is 1. The van der Waals surface area contributed by atoms with Crippen molar-refractivity contribution in [1.82, 2.24) is 19.3 Å². The molecule has 0 saturated carbocycles. The van der Waals surface area contributed by atoms with Crippen molar-refractivity contribution in [3.63, 3.8) is 0 Å². The normalized spacial score (nSPS) is 11.4. The first-order valence-corrected chi connectivity index (χ1v) is 6.24. The average Bonchev–Trinajstić information content (AvgIpc) is 2.79. The minimum atomic E-state index is 0.498. The van der Waals surface area contributed by atoms with Gasteiger partial charge < -0.3 is 5.73 Å². The van der Waals surface area contributed by atoms with Gasteiger partial charge in [0.05, 0.1) is 11.4 Å². The van der Waals surface area contributed by atoms with Crippen LogP contribution in [0.5, 0.6) is 0 Å². The second-order valence-corrected chi connectivity index (χ2v) is 4.98. The van der Waals surface area contributed by atoms with Crippen LogP contribution in [0, 0.1) is 20.8 Å². The van der Waals surface area contributed by atoms with Crippen LogP contribution in [-0.2, 0) is 7.05 Å². The third-order valence-corrected chi connectivity index (χ3v) is 3.42. The van der Waals surface area contributed by atoms with Crippen molar-refractivity contribution in [2.45, 2.75) is 20.8 Å². The Labute approximate surface area is 111 Å². The van der Waals surface area contributed by atoms with Gasteiger partial charge in [-0.05, 0) is 32.4 Å². The lowest BCUT2D eigenvalue weighted by atomic mass is 10.1. The second kappa shape index (κ2) is 3.85. The zero-order valence-corrected chi connectivity index (χ0v) is 11.6. The van der Waals surface area contributed by atoms with Gasteiger partial charge in [0.2, 0.25) is 5.95 Å². The Kier molecular flexibility index (Phi) is 2.38. The SMILES string of the molecule is Cc1ccc(-n2c(N)nc3c(C)nn(C)c32)c(C)c1. The Morgan fingerprint density at radius 1 is 1.16 bits per heavy atom. The van der Waals surface area contributed by atoms with E-state index in [2.05, 4.69) is 42.1 Å². The van der Waals surface area contributed by atoms with Gasteiger partial charge in [0.25, 0.3) is 0 Å². The maximum Gasteiger partial charge on any atom is 0.207 e. The first kappa shape index (κ1) is 11.8. The molecule has 0 fully saturated rings. The molecule has 0 spiro atoms. The fourth-order valence-corrected chi connectivity index (χ4v) is 2.58. The molecule has 0 saturated heterocycles. The largest absolute Gasteiger partial charge is 0.369 e. The fourth-order valence-electron chi connectivity index (χ4n) is 2.58. The third-order valence-electron chi connectivity index (χ3n) is 3.42. The third kappa shape index (κ3) is 1.62. The van der Waals surface area contributed by atoms with Gasteiger partial charge in [-0.2, -0.15) is 5.10 Å². The predicted molar refractivity (Wildman–Crippen MR) is 76.5 cm³/mol. The summed E-state index contributed by atoms with van der Waals surface area (Å²) in [6.07, 6.45) is 0. The zero-order chi connectivity index (χ0) is 13.7. The summed E-state index contributed by atoms with van der Waals surface area (Å²) >= 11 is 0. The number of aromatic nitrogens is 4. The van der Waals surface area contributed by atoms with E-state index >= 15 is 0 Å². The lowest BCUT2D eigenvalue weighted by Gasteiger charge is -2.10. The van der Waals surface area contributed by atoms with Gasteiger partial charge in [-0.25, -0.2) is 9.67 Å². The number of nitrogen functional groups attached to an aromatic ring is 1. The van der Waals surface area contributed by atoms with Gasteiger partial charge in [0.15, 0.2) is 5.65 Å². The van der Waals surface area contributed by atoms with Crippen LogP contribution in [0.4, 0.5) is 5.95 Å². The molecule has 2 heterocycles. The van der Waals surface area contributed by atoms with Crippen LogP contribution in [-0.4, -0.2) is 19.3 Å². The number of hydrogen-bond donors (Lipinski definition) is 1. The van der Waals surface area contributed by atoms with Crippen molar-refractivity contribution < 1.29 is 0 Å². The van der Waals surface area contributed by atoms with E-state index in [9.17, 15) is 0 Å². The predicted octanol–water partition coefficient (Wildman–Crippen LogP) is 2.27. The molecule has 5 nitrogen and oxygen atoms in total. The molecule has 2 aromatic heterocycles. The molecule has 0 aliphatic carbocycles. The molecule has 0 atom stereocenters. The Bertz CT molecular complexity index is 779. The molecule has 0 aliphatic heterocycles. The molecule has 0 unspecified atom stereocenters. The highest BCUT2D eigenvalue weighted by molar-refractivity contribution is 5.80. The van der Waals surface area contributed by atoms with E-state index in [4.69, 9.17) is 5.73 Å². The summed E-state index contributed by atoms with van der Waals surface area (Å²) in [5.41, 5.74) is 12.2. The van der Waals surface area contributed by atoms with Gasteiger partial charge in [-0.1, -0.05) is 17.7 Å². The van der Waals surface area contributed by atoms with E-state index in [1.165, 1.54) is 11.1 Å². The average molecular weight is 255 g/mol. The molecule has 0 amide bonds. The number of hydrogen-bond acceptors (Lipinski definition) is 3.